The van der Waals surface area contributed by atoms with Gasteiger partial charge in [0.2, 0.25) is 11.9 Å². The van der Waals surface area contributed by atoms with E-state index in [-0.39, 0.29) is 12.5 Å². The van der Waals surface area contributed by atoms with Crippen molar-refractivity contribution >= 4 is 40.8 Å². The maximum Gasteiger partial charge on any atom is 0.248 e. The molecule has 2 N–H and O–H groups in total. The summed E-state index contributed by atoms with van der Waals surface area (Å²) in [5.74, 6) is -0.117. The summed E-state index contributed by atoms with van der Waals surface area (Å²) in [6.45, 7) is 2.33. The van der Waals surface area contributed by atoms with E-state index in [0.29, 0.717) is 35.3 Å². The Morgan fingerprint density at radius 3 is 2.45 bits per heavy atom. The third-order valence-corrected chi connectivity index (χ3v) is 5.69. The zero-order valence-electron chi connectivity index (χ0n) is 18.1. The number of nitrogens with one attached hydrogen (secondary N) is 1. The van der Waals surface area contributed by atoms with Gasteiger partial charge in [-0.25, -0.2) is 5.01 Å². The first-order valence-electron chi connectivity index (χ1n) is 10.4. The maximum absolute atomic E-state index is 12.4. The molecule has 1 atom stereocenters. The molecule has 10 heteroatoms. The molecule has 2 aromatic carbocycles. The lowest BCUT2D eigenvalue weighted by Gasteiger charge is -2.28. The van der Waals surface area contributed by atoms with E-state index in [2.05, 4.69) is 15.4 Å². The smallest absolute Gasteiger partial charge is 0.248 e. The standard InChI is InChI=1S/C23H24Cl2N6O2/c1-2-30(21(33)14-32)20-13-31(29-22(20)17-5-9-19(25)10-6-17)23(28-15-26)27-12-11-16-3-7-18(24)8-4-16/h3-10,20,32H,2,11-14H2,1H3,(H,27,28). The first-order valence-corrected chi connectivity index (χ1v) is 11.2. The molecule has 1 heterocycles. The summed E-state index contributed by atoms with van der Waals surface area (Å²) in [6.07, 6.45) is 2.56. The minimum absolute atomic E-state index is 0.284. The molecular formula is C23H24Cl2N6O2. The van der Waals surface area contributed by atoms with Crippen molar-refractivity contribution in [3.8, 4) is 6.19 Å². The Morgan fingerprint density at radius 2 is 1.88 bits per heavy atom. The number of benzene rings is 2. The molecule has 1 aliphatic heterocycles. The molecule has 1 aliphatic rings. The zero-order valence-corrected chi connectivity index (χ0v) is 19.6. The van der Waals surface area contributed by atoms with Crippen molar-refractivity contribution in [2.75, 3.05) is 26.2 Å². The minimum atomic E-state index is -0.600. The summed E-state index contributed by atoms with van der Waals surface area (Å²) in [7, 11) is 0. The normalized spacial score (nSPS) is 15.7. The maximum atomic E-state index is 12.4. The highest BCUT2D eigenvalue weighted by Crippen LogP contribution is 2.21. The van der Waals surface area contributed by atoms with Crippen molar-refractivity contribution in [1.29, 1.82) is 5.26 Å². The number of rotatable bonds is 7. The van der Waals surface area contributed by atoms with Crippen LogP contribution in [0.15, 0.2) is 58.6 Å². The molecule has 0 aromatic heterocycles. The highest BCUT2D eigenvalue weighted by Gasteiger charge is 2.36. The number of carbonyl (C=O) groups is 1. The fourth-order valence-corrected chi connectivity index (χ4v) is 3.83. The molecule has 2 aromatic rings. The molecule has 8 nitrogen and oxygen atoms in total. The van der Waals surface area contributed by atoms with Gasteiger partial charge in [-0.3, -0.25) is 15.1 Å². The number of amides is 1. The quantitative estimate of drug-likeness (QED) is 0.271. The molecule has 1 unspecified atom stereocenters. The summed E-state index contributed by atoms with van der Waals surface area (Å²) < 4.78 is 0. The summed E-state index contributed by atoms with van der Waals surface area (Å²) in [6, 6.07) is 14.2. The number of carbonyl (C=O) groups excluding carboxylic acids is 1. The topological polar surface area (TPSA) is 104 Å². The SMILES string of the molecule is CCN(C(=O)CO)C1CN(C(=NCCc2ccc(Cl)cc2)NC#N)N=C1c1ccc(Cl)cc1. The lowest BCUT2D eigenvalue weighted by molar-refractivity contribution is -0.135. The molecule has 0 saturated carbocycles. The van der Waals surface area contributed by atoms with Gasteiger partial charge >= 0.3 is 0 Å². The Balaban J connectivity index is 1.88. The van der Waals surface area contributed by atoms with Crippen molar-refractivity contribution in [3.05, 3.63) is 69.7 Å². The van der Waals surface area contributed by atoms with Crippen LogP contribution in [0.3, 0.4) is 0 Å². The van der Waals surface area contributed by atoms with Crippen molar-refractivity contribution < 1.29 is 9.90 Å². The van der Waals surface area contributed by atoms with E-state index < -0.39 is 18.6 Å². The number of hydrazone groups is 1. The minimum Gasteiger partial charge on any atom is -0.387 e. The number of nitrogens with zero attached hydrogens (tertiary/aromatic N) is 5. The first kappa shape index (κ1) is 24.5. The van der Waals surface area contributed by atoms with Crippen LogP contribution in [0.5, 0.6) is 0 Å². The molecule has 33 heavy (non-hydrogen) atoms. The van der Waals surface area contributed by atoms with Crippen LogP contribution in [0, 0.1) is 11.5 Å². The molecule has 1 amide bonds. The third-order valence-electron chi connectivity index (χ3n) is 5.19. The molecule has 172 valence electrons. The zero-order chi connectivity index (χ0) is 23.8. The van der Waals surface area contributed by atoms with Crippen LogP contribution >= 0.6 is 23.2 Å². The number of halogens is 2. The number of aliphatic imine (C=N–C) groups is 1. The predicted molar refractivity (Wildman–Crippen MR) is 129 cm³/mol. The highest BCUT2D eigenvalue weighted by atomic mass is 35.5. The number of aliphatic hydroxyl groups is 1. The molecular weight excluding hydrogens is 463 g/mol. The van der Waals surface area contributed by atoms with Crippen LogP contribution < -0.4 is 5.32 Å². The average Bonchev–Trinajstić information content (AvgIpc) is 3.25. The van der Waals surface area contributed by atoms with Gasteiger partial charge in [0.15, 0.2) is 6.19 Å². The van der Waals surface area contributed by atoms with E-state index >= 15 is 0 Å². The van der Waals surface area contributed by atoms with Crippen LogP contribution in [0.2, 0.25) is 10.0 Å². The number of aliphatic hydroxyl groups excluding tert-OH is 1. The average molecular weight is 487 g/mol. The van der Waals surface area contributed by atoms with Gasteiger partial charge in [-0.2, -0.15) is 10.4 Å². The third kappa shape index (κ3) is 6.23. The van der Waals surface area contributed by atoms with Gasteiger partial charge in [0.1, 0.15) is 6.61 Å². The van der Waals surface area contributed by atoms with Crippen LogP contribution in [0.4, 0.5) is 0 Å². The van der Waals surface area contributed by atoms with Gasteiger partial charge in [0.25, 0.3) is 0 Å². The summed E-state index contributed by atoms with van der Waals surface area (Å²) in [4.78, 5) is 18.5. The molecule has 0 saturated heterocycles. The number of hydrogen-bond donors (Lipinski definition) is 2. The van der Waals surface area contributed by atoms with Crippen LogP contribution in [-0.4, -0.2) is 64.9 Å². The second-order valence-corrected chi connectivity index (χ2v) is 8.12. The van der Waals surface area contributed by atoms with E-state index in [0.717, 1.165) is 11.1 Å². The molecule has 0 spiro atoms. The van der Waals surface area contributed by atoms with Crippen molar-refractivity contribution in [3.63, 3.8) is 0 Å². The van der Waals surface area contributed by atoms with Crippen molar-refractivity contribution in [2.45, 2.75) is 19.4 Å². The highest BCUT2D eigenvalue weighted by molar-refractivity contribution is 6.31. The van der Waals surface area contributed by atoms with Crippen molar-refractivity contribution in [1.82, 2.24) is 15.2 Å². The fraction of sp³-hybridized carbons (Fsp3) is 0.304. The summed E-state index contributed by atoms with van der Waals surface area (Å²) >= 11 is 12.0. The van der Waals surface area contributed by atoms with Crippen LogP contribution in [0.25, 0.3) is 0 Å². The van der Waals surface area contributed by atoms with Crippen LogP contribution in [0.1, 0.15) is 18.1 Å². The predicted octanol–water partition coefficient (Wildman–Crippen LogP) is 2.89. The molecule has 0 bridgehead atoms. The summed E-state index contributed by atoms with van der Waals surface area (Å²) in [5, 5.41) is 28.8. The number of likely N-dealkylation sites (N-methyl/N-ethyl adjacent to an activating group) is 1. The van der Waals surface area contributed by atoms with E-state index in [1.807, 2.05) is 49.5 Å². The van der Waals surface area contributed by atoms with Gasteiger partial charge in [0, 0.05) is 28.7 Å². The lowest BCUT2D eigenvalue weighted by atomic mass is 10.0. The van der Waals surface area contributed by atoms with E-state index in [4.69, 9.17) is 23.2 Å². The Kier molecular flexibility index (Phi) is 8.66. The summed E-state index contributed by atoms with van der Waals surface area (Å²) in [5.41, 5.74) is 2.48. The Bertz CT molecular complexity index is 1060. The number of nitriles is 1. The molecule has 3 rings (SSSR count). The van der Waals surface area contributed by atoms with Gasteiger partial charge in [-0.05, 0) is 43.2 Å². The second kappa shape index (κ2) is 11.7. The van der Waals surface area contributed by atoms with Gasteiger partial charge < -0.3 is 10.0 Å². The monoisotopic (exact) mass is 486 g/mol. The lowest BCUT2D eigenvalue weighted by Crippen LogP contribution is -2.49. The van der Waals surface area contributed by atoms with E-state index in [9.17, 15) is 15.2 Å². The largest absolute Gasteiger partial charge is 0.387 e. The Morgan fingerprint density at radius 1 is 1.24 bits per heavy atom. The van der Waals surface area contributed by atoms with Crippen molar-refractivity contribution in [2.24, 2.45) is 10.1 Å². The molecule has 0 radical (unpaired) electrons. The molecule has 0 fully saturated rings. The van der Waals surface area contributed by atoms with Gasteiger partial charge in [-0.15, -0.1) is 0 Å². The number of hydrogen-bond acceptors (Lipinski definition) is 5. The van der Waals surface area contributed by atoms with E-state index in [1.165, 1.54) is 0 Å². The second-order valence-electron chi connectivity index (χ2n) is 7.25. The fourth-order valence-electron chi connectivity index (χ4n) is 3.58. The van der Waals surface area contributed by atoms with Crippen LogP contribution in [-0.2, 0) is 11.2 Å². The number of guanidine groups is 1. The Hall–Kier alpha value is -3.12. The van der Waals surface area contributed by atoms with Gasteiger partial charge in [0.05, 0.1) is 18.3 Å². The van der Waals surface area contributed by atoms with Gasteiger partial charge in [-0.1, -0.05) is 47.5 Å². The Labute approximate surface area is 202 Å². The van der Waals surface area contributed by atoms with E-state index in [1.54, 1.807) is 22.0 Å². The molecule has 0 aliphatic carbocycles. The first-order chi connectivity index (χ1) is 16.0.